The predicted octanol–water partition coefficient (Wildman–Crippen LogP) is 2.52. The van der Waals surface area contributed by atoms with Crippen LogP contribution in [0.3, 0.4) is 0 Å². The van der Waals surface area contributed by atoms with Gasteiger partial charge in [0.25, 0.3) is 5.56 Å². The van der Waals surface area contributed by atoms with Crippen molar-refractivity contribution in [2.45, 2.75) is 12.6 Å². The van der Waals surface area contributed by atoms with Gasteiger partial charge < -0.3 is 9.84 Å². The van der Waals surface area contributed by atoms with Crippen LogP contribution < -0.4 is 5.56 Å². The zero-order valence-electron chi connectivity index (χ0n) is 15.4. The van der Waals surface area contributed by atoms with E-state index in [0.29, 0.717) is 25.1 Å². The smallest absolute Gasteiger partial charge is 0.274 e. The fourth-order valence-corrected chi connectivity index (χ4v) is 3.78. The monoisotopic (exact) mass is 443 g/mol. The standard InChI is InChI=1S/C21H22BrN3O3/c22-16-7-5-15(6-8-16)20-18-3-1-2-4-19(18)21(27)25(23-20)14-17(26)13-24-9-11-28-12-10-24/h1-8,17,26H,9-14H2/t17-/m1/s1. The molecule has 1 fully saturated rings. The summed E-state index contributed by atoms with van der Waals surface area (Å²) in [6, 6.07) is 15.3. The van der Waals surface area contributed by atoms with Gasteiger partial charge >= 0.3 is 0 Å². The molecule has 7 heteroatoms. The molecule has 1 N–H and O–H groups in total. The molecule has 1 aromatic heterocycles. The van der Waals surface area contributed by atoms with E-state index in [1.54, 1.807) is 0 Å². The first-order valence-electron chi connectivity index (χ1n) is 9.36. The van der Waals surface area contributed by atoms with E-state index in [0.717, 1.165) is 34.2 Å². The van der Waals surface area contributed by atoms with Gasteiger partial charge in [-0.2, -0.15) is 5.10 Å². The Hall–Kier alpha value is -2.06. The Balaban J connectivity index is 1.69. The molecule has 4 rings (SSSR count). The summed E-state index contributed by atoms with van der Waals surface area (Å²) in [6.45, 7) is 3.59. The quantitative estimate of drug-likeness (QED) is 0.655. The van der Waals surface area contributed by atoms with Crippen molar-refractivity contribution in [3.05, 3.63) is 63.4 Å². The number of hydrogen-bond acceptors (Lipinski definition) is 5. The first-order valence-corrected chi connectivity index (χ1v) is 10.1. The van der Waals surface area contributed by atoms with Gasteiger partial charge in [-0.15, -0.1) is 0 Å². The van der Waals surface area contributed by atoms with Gasteiger partial charge in [0.15, 0.2) is 0 Å². The SMILES string of the molecule is O=c1c2ccccc2c(-c2ccc(Br)cc2)nn1C[C@H](O)CN1CCOCC1. The van der Waals surface area contributed by atoms with Crippen molar-refractivity contribution in [1.29, 1.82) is 0 Å². The van der Waals surface area contributed by atoms with Crippen molar-refractivity contribution in [1.82, 2.24) is 14.7 Å². The lowest BCUT2D eigenvalue weighted by Crippen LogP contribution is -2.43. The number of fused-ring (bicyclic) bond motifs is 1. The van der Waals surface area contributed by atoms with Crippen LogP contribution in [0, 0.1) is 0 Å². The highest BCUT2D eigenvalue weighted by atomic mass is 79.9. The van der Waals surface area contributed by atoms with Crippen molar-refractivity contribution in [2.24, 2.45) is 0 Å². The van der Waals surface area contributed by atoms with Gasteiger partial charge in [-0.3, -0.25) is 9.69 Å². The number of rotatable bonds is 5. The lowest BCUT2D eigenvalue weighted by molar-refractivity contribution is 0.0106. The second kappa shape index (κ2) is 8.53. The van der Waals surface area contributed by atoms with Crippen LogP contribution in [0.15, 0.2) is 57.8 Å². The molecule has 28 heavy (non-hydrogen) atoms. The molecule has 2 aromatic carbocycles. The molecule has 0 spiro atoms. The van der Waals surface area contributed by atoms with E-state index in [9.17, 15) is 9.90 Å². The van der Waals surface area contributed by atoms with Crippen molar-refractivity contribution in [3.63, 3.8) is 0 Å². The summed E-state index contributed by atoms with van der Waals surface area (Å²) in [6.07, 6.45) is -0.678. The Morgan fingerprint density at radius 2 is 1.71 bits per heavy atom. The van der Waals surface area contributed by atoms with E-state index in [4.69, 9.17) is 4.74 Å². The maximum Gasteiger partial charge on any atom is 0.274 e. The van der Waals surface area contributed by atoms with Crippen LogP contribution in [-0.2, 0) is 11.3 Å². The van der Waals surface area contributed by atoms with E-state index in [1.807, 2.05) is 48.5 Å². The lowest BCUT2D eigenvalue weighted by Gasteiger charge is -2.28. The topological polar surface area (TPSA) is 67.6 Å². The summed E-state index contributed by atoms with van der Waals surface area (Å²) in [5.74, 6) is 0. The second-order valence-electron chi connectivity index (χ2n) is 6.96. The fourth-order valence-electron chi connectivity index (χ4n) is 3.52. The number of ether oxygens (including phenoxy) is 1. The third kappa shape index (κ3) is 4.17. The molecule has 0 aliphatic carbocycles. The van der Waals surface area contributed by atoms with Gasteiger partial charge in [-0.1, -0.05) is 46.3 Å². The van der Waals surface area contributed by atoms with Crippen LogP contribution >= 0.6 is 15.9 Å². The highest BCUT2D eigenvalue weighted by molar-refractivity contribution is 9.10. The summed E-state index contributed by atoms with van der Waals surface area (Å²) >= 11 is 3.45. The molecular formula is C21H22BrN3O3. The Bertz CT molecular complexity index is 1010. The first kappa shape index (κ1) is 19.3. The van der Waals surface area contributed by atoms with E-state index in [1.165, 1.54) is 4.68 Å². The van der Waals surface area contributed by atoms with Crippen molar-refractivity contribution in [3.8, 4) is 11.3 Å². The Kier molecular flexibility index (Phi) is 5.87. The summed E-state index contributed by atoms with van der Waals surface area (Å²) < 4.78 is 7.72. The maximum atomic E-state index is 12.9. The highest BCUT2D eigenvalue weighted by Crippen LogP contribution is 2.26. The van der Waals surface area contributed by atoms with Crippen molar-refractivity contribution in [2.75, 3.05) is 32.8 Å². The molecule has 3 aromatic rings. The zero-order valence-corrected chi connectivity index (χ0v) is 17.0. The van der Waals surface area contributed by atoms with Crippen LogP contribution in [0.5, 0.6) is 0 Å². The summed E-state index contributed by atoms with van der Waals surface area (Å²) in [5.41, 5.74) is 1.48. The lowest BCUT2D eigenvalue weighted by atomic mass is 10.1. The number of β-amino-alcohol motifs (C(OH)–C–C–N with tert-alkyl or cyclic N) is 1. The second-order valence-corrected chi connectivity index (χ2v) is 7.87. The molecule has 1 saturated heterocycles. The van der Waals surface area contributed by atoms with E-state index < -0.39 is 6.10 Å². The van der Waals surface area contributed by atoms with Gasteiger partial charge in [0.1, 0.15) is 0 Å². The van der Waals surface area contributed by atoms with Crippen LogP contribution in [-0.4, -0.2) is 58.7 Å². The molecule has 0 unspecified atom stereocenters. The van der Waals surface area contributed by atoms with Crippen LogP contribution in [0.4, 0.5) is 0 Å². The van der Waals surface area contributed by atoms with Gasteiger partial charge in [0.2, 0.25) is 0 Å². The Labute approximate surface area is 171 Å². The largest absolute Gasteiger partial charge is 0.390 e. The molecule has 146 valence electrons. The summed E-state index contributed by atoms with van der Waals surface area (Å²) in [4.78, 5) is 15.1. The van der Waals surface area contributed by atoms with E-state index in [2.05, 4.69) is 25.9 Å². The van der Waals surface area contributed by atoms with Crippen LogP contribution in [0.25, 0.3) is 22.0 Å². The third-order valence-corrected chi connectivity index (χ3v) is 5.47. The molecule has 2 heterocycles. The molecule has 1 atom stereocenters. The zero-order chi connectivity index (χ0) is 19.5. The fraction of sp³-hybridized carbons (Fsp3) is 0.333. The minimum atomic E-state index is -0.678. The predicted molar refractivity (Wildman–Crippen MR) is 112 cm³/mol. The number of halogens is 1. The molecule has 6 nitrogen and oxygen atoms in total. The number of aliphatic hydroxyl groups is 1. The maximum absolute atomic E-state index is 12.9. The summed E-state index contributed by atoms with van der Waals surface area (Å²) in [7, 11) is 0. The van der Waals surface area contributed by atoms with Gasteiger partial charge in [-0.05, 0) is 18.2 Å². The third-order valence-electron chi connectivity index (χ3n) is 4.94. The molecule has 1 aliphatic heterocycles. The number of nitrogens with zero attached hydrogens (tertiary/aromatic N) is 3. The van der Waals surface area contributed by atoms with E-state index in [-0.39, 0.29) is 12.1 Å². The first-order chi connectivity index (χ1) is 13.6. The molecule has 0 amide bonds. The van der Waals surface area contributed by atoms with Gasteiger partial charge in [0, 0.05) is 35.1 Å². The van der Waals surface area contributed by atoms with E-state index >= 15 is 0 Å². The number of hydrogen-bond donors (Lipinski definition) is 1. The number of benzene rings is 2. The average Bonchev–Trinajstić information content (AvgIpc) is 2.72. The number of aliphatic hydroxyl groups excluding tert-OH is 1. The van der Waals surface area contributed by atoms with Crippen molar-refractivity contribution < 1.29 is 9.84 Å². The summed E-state index contributed by atoms with van der Waals surface area (Å²) in [5, 5.41) is 16.6. The number of morpholine rings is 1. The van der Waals surface area contributed by atoms with Crippen LogP contribution in [0.2, 0.25) is 0 Å². The average molecular weight is 444 g/mol. The minimum absolute atomic E-state index is 0.157. The highest BCUT2D eigenvalue weighted by Gasteiger charge is 2.18. The van der Waals surface area contributed by atoms with Crippen molar-refractivity contribution >= 4 is 26.7 Å². The Morgan fingerprint density at radius 1 is 1.04 bits per heavy atom. The molecule has 0 bridgehead atoms. The van der Waals surface area contributed by atoms with Crippen LogP contribution in [0.1, 0.15) is 0 Å². The number of aromatic nitrogens is 2. The molecular weight excluding hydrogens is 422 g/mol. The Morgan fingerprint density at radius 3 is 2.43 bits per heavy atom. The van der Waals surface area contributed by atoms with Gasteiger partial charge in [-0.25, -0.2) is 4.68 Å². The van der Waals surface area contributed by atoms with Gasteiger partial charge in [0.05, 0.1) is 36.9 Å². The molecule has 0 radical (unpaired) electrons. The molecule has 1 aliphatic rings. The minimum Gasteiger partial charge on any atom is -0.390 e. The normalized spacial score (nSPS) is 16.4. The molecule has 0 saturated carbocycles.